The van der Waals surface area contributed by atoms with E-state index in [0.717, 1.165) is 29.6 Å². The first kappa shape index (κ1) is 9.21. The van der Waals surface area contributed by atoms with Crippen molar-refractivity contribution >= 4 is 10.9 Å². The molecular formula is C11H14N2O. The number of aromatic nitrogens is 2. The molecule has 0 aliphatic rings. The van der Waals surface area contributed by atoms with Gasteiger partial charge in [0.2, 0.25) is 0 Å². The van der Waals surface area contributed by atoms with Crippen molar-refractivity contribution in [1.29, 1.82) is 0 Å². The van der Waals surface area contributed by atoms with Crippen LogP contribution in [0.25, 0.3) is 10.9 Å². The average Bonchev–Trinajstić information content (AvgIpc) is 2.58. The Morgan fingerprint density at radius 3 is 2.86 bits per heavy atom. The number of fused-ring (bicyclic) bond motifs is 1. The highest BCUT2D eigenvalue weighted by atomic mass is 16.3. The number of nitrogens with zero attached hydrogens (tertiary/aromatic N) is 2. The summed E-state index contributed by atoms with van der Waals surface area (Å²) < 4.78 is 1.96. The summed E-state index contributed by atoms with van der Waals surface area (Å²) >= 11 is 0. The van der Waals surface area contributed by atoms with E-state index in [4.69, 9.17) is 5.11 Å². The highest BCUT2D eigenvalue weighted by molar-refractivity contribution is 5.81. The SMILES string of the molecule is CCCn1nc(CO)c2ccccc21. The first-order chi connectivity index (χ1) is 6.86. The van der Waals surface area contributed by atoms with Gasteiger partial charge in [-0.05, 0) is 12.5 Å². The number of para-hydroxylation sites is 1. The van der Waals surface area contributed by atoms with Crippen LogP contribution in [0.5, 0.6) is 0 Å². The summed E-state index contributed by atoms with van der Waals surface area (Å²) in [5.41, 5.74) is 1.88. The number of hydrogen-bond donors (Lipinski definition) is 1. The second kappa shape index (κ2) is 3.80. The van der Waals surface area contributed by atoms with E-state index in [1.54, 1.807) is 0 Å². The molecule has 0 atom stereocenters. The van der Waals surface area contributed by atoms with Crippen molar-refractivity contribution in [2.75, 3.05) is 0 Å². The Labute approximate surface area is 83.0 Å². The monoisotopic (exact) mass is 190 g/mol. The summed E-state index contributed by atoms with van der Waals surface area (Å²) in [6.07, 6.45) is 1.05. The van der Waals surface area contributed by atoms with Crippen molar-refractivity contribution in [3.8, 4) is 0 Å². The third-order valence-electron chi connectivity index (χ3n) is 2.32. The second-order valence-electron chi connectivity index (χ2n) is 3.35. The minimum Gasteiger partial charge on any atom is -0.390 e. The fraction of sp³-hybridized carbons (Fsp3) is 0.364. The first-order valence-corrected chi connectivity index (χ1v) is 4.92. The molecule has 0 unspecified atom stereocenters. The van der Waals surface area contributed by atoms with Crippen LogP contribution in [-0.4, -0.2) is 14.9 Å². The predicted molar refractivity (Wildman–Crippen MR) is 55.9 cm³/mol. The van der Waals surface area contributed by atoms with Gasteiger partial charge in [0, 0.05) is 11.9 Å². The van der Waals surface area contributed by atoms with Crippen LogP contribution < -0.4 is 0 Å². The minimum atomic E-state index is 0.0111. The molecule has 1 aromatic heterocycles. The Balaban J connectivity index is 2.61. The fourth-order valence-electron chi connectivity index (χ4n) is 1.70. The molecule has 1 N–H and O–H groups in total. The van der Waals surface area contributed by atoms with Gasteiger partial charge in [-0.15, -0.1) is 0 Å². The van der Waals surface area contributed by atoms with Crippen LogP contribution in [0.15, 0.2) is 24.3 Å². The molecule has 74 valence electrons. The zero-order valence-electron chi connectivity index (χ0n) is 8.27. The normalized spacial score (nSPS) is 11.0. The molecule has 0 amide bonds. The number of aryl methyl sites for hydroxylation is 1. The lowest BCUT2D eigenvalue weighted by Gasteiger charge is -1.98. The minimum absolute atomic E-state index is 0.0111. The third-order valence-corrected chi connectivity index (χ3v) is 2.32. The van der Waals surface area contributed by atoms with E-state index in [0.29, 0.717) is 0 Å². The maximum Gasteiger partial charge on any atom is 0.0957 e. The Morgan fingerprint density at radius 1 is 1.36 bits per heavy atom. The van der Waals surface area contributed by atoms with Gasteiger partial charge in [-0.3, -0.25) is 4.68 Å². The van der Waals surface area contributed by atoms with Gasteiger partial charge in [0.1, 0.15) is 0 Å². The molecule has 2 aromatic rings. The second-order valence-corrected chi connectivity index (χ2v) is 3.35. The van der Waals surface area contributed by atoms with E-state index in [9.17, 15) is 0 Å². The number of aliphatic hydroxyl groups is 1. The Hall–Kier alpha value is -1.35. The smallest absolute Gasteiger partial charge is 0.0957 e. The van der Waals surface area contributed by atoms with Crippen LogP contribution in [0.3, 0.4) is 0 Å². The van der Waals surface area contributed by atoms with Gasteiger partial charge in [0.15, 0.2) is 0 Å². The summed E-state index contributed by atoms with van der Waals surface area (Å²) in [5.74, 6) is 0. The Bertz CT molecular complexity index is 434. The lowest BCUT2D eigenvalue weighted by atomic mass is 10.2. The Kier molecular flexibility index (Phi) is 2.50. The van der Waals surface area contributed by atoms with E-state index in [2.05, 4.69) is 12.0 Å². The molecular weight excluding hydrogens is 176 g/mol. The van der Waals surface area contributed by atoms with Gasteiger partial charge in [-0.25, -0.2) is 0 Å². The average molecular weight is 190 g/mol. The van der Waals surface area contributed by atoms with E-state index in [1.807, 2.05) is 28.9 Å². The number of hydrogen-bond acceptors (Lipinski definition) is 2. The lowest BCUT2D eigenvalue weighted by Crippen LogP contribution is -1.99. The van der Waals surface area contributed by atoms with Crippen molar-refractivity contribution in [3.05, 3.63) is 30.0 Å². The number of aliphatic hydroxyl groups excluding tert-OH is 1. The predicted octanol–water partition coefficient (Wildman–Crippen LogP) is 1.94. The summed E-state index contributed by atoms with van der Waals surface area (Å²) in [6, 6.07) is 8.01. The summed E-state index contributed by atoms with van der Waals surface area (Å²) in [7, 11) is 0. The molecule has 1 heterocycles. The first-order valence-electron chi connectivity index (χ1n) is 4.92. The lowest BCUT2D eigenvalue weighted by molar-refractivity contribution is 0.276. The molecule has 3 nitrogen and oxygen atoms in total. The highest BCUT2D eigenvalue weighted by Crippen LogP contribution is 2.18. The molecule has 0 saturated heterocycles. The largest absolute Gasteiger partial charge is 0.390 e. The Morgan fingerprint density at radius 2 is 2.14 bits per heavy atom. The topological polar surface area (TPSA) is 38.0 Å². The van der Waals surface area contributed by atoms with Crippen LogP contribution in [0, 0.1) is 0 Å². The molecule has 0 radical (unpaired) electrons. The molecule has 3 heteroatoms. The molecule has 0 fully saturated rings. The van der Waals surface area contributed by atoms with Crippen LogP contribution in [0.4, 0.5) is 0 Å². The maximum absolute atomic E-state index is 9.14. The van der Waals surface area contributed by atoms with Gasteiger partial charge >= 0.3 is 0 Å². The van der Waals surface area contributed by atoms with Crippen LogP contribution in [-0.2, 0) is 13.2 Å². The van der Waals surface area contributed by atoms with Crippen molar-refractivity contribution in [3.63, 3.8) is 0 Å². The van der Waals surface area contributed by atoms with E-state index >= 15 is 0 Å². The standard InChI is InChI=1S/C11H14N2O/c1-2-7-13-11-6-4-3-5-9(11)10(8-14)12-13/h3-6,14H,2,7-8H2,1H3. The molecule has 0 aliphatic carbocycles. The molecule has 0 spiro atoms. The van der Waals surface area contributed by atoms with Crippen LogP contribution >= 0.6 is 0 Å². The van der Waals surface area contributed by atoms with E-state index in [-0.39, 0.29) is 6.61 Å². The van der Waals surface area contributed by atoms with Gasteiger partial charge in [-0.1, -0.05) is 25.1 Å². The molecule has 2 rings (SSSR count). The maximum atomic E-state index is 9.14. The molecule has 1 aromatic carbocycles. The molecule has 0 aliphatic heterocycles. The van der Waals surface area contributed by atoms with Crippen molar-refractivity contribution < 1.29 is 5.11 Å². The van der Waals surface area contributed by atoms with E-state index in [1.165, 1.54) is 0 Å². The quantitative estimate of drug-likeness (QED) is 0.803. The summed E-state index contributed by atoms with van der Waals surface area (Å²) in [4.78, 5) is 0. The zero-order chi connectivity index (χ0) is 9.97. The number of benzene rings is 1. The van der Waals surface area contributed by atoms with Crippen LogP contribution in [0.2, 0.25) is 0 Å². The summed E-state index contributed by atoms with van der Waals surface area (Å²) in [5, 5.41) is 14.6. The van der Waals surface area contributed by atoms with Crippen molar-refractivity contribution in [2.45, 2.75) is 26.5 Å². The van der Waals surface area contributed by atoms with Crippen molar-refractivity contribution in [1.82, 2.24) is 9.78 Å². The van der Waals surface area contributed by atoms with Gasteiger partial charge in [0.05, 0.1) is 17.8 Å². The molecule has 14 heavy (non-hydrogen) atoms. The van der Waals surface area contributed by atoms with Gasteiger partial charge in [0.25, 0.3) is 0 Å². The molecule has 0 bridgehead atoms. The zero-order valence-corrected chi connectivity index (χ0v) is 8.27. The number of rotatable bonds is 3. The highest BCUT2D eigenvalue weighted by Gasteiger charge is 2.07. The fourth-order valence-corrected chi connectivity index (χ4v) is 1.70. The van der Waals surface area contributed by atoms with Gasteiger partial charge < -0.3 is 5.11 Å². The van der Waals surface area contributed by atoms with Crippen molar-refractivity contribution in [2.24, 2.45) is 0 Å². The van der Waals surface area contributed by atoms with Crippen LogP contribution in [0.1, 0.15) is 19.0 Å². The molecule has 0 saturated carbocycles. The summed E-state index contributed by atoms with van der Waals surface area (Å²) in [6.45, 7) is 3.03. The third kappa shape index (κ3) is 1.40. The van der Waals surface area contributed by atoms with E-state index < -0.39 is 0 Å². The van der Waals surface area contributed by atoms with Gasteiger partial charge in [-0.2, -0.15) is 5.10 Å².